The van der Waals surface area contributed by atoms with Crippen molar-refractivity contribution >= 4 is 33.1 Å². The highest BCUT2D eigenvalue weighted by atomic mass is 32.1. The lowest BCUT2D eigenvalue weighted by atomic mass is 10.0. The first kappa shape index (κ1) is 18.1. The molecule has 1 N–H and O–H groups in total. The quantitative estimate of drug-likeness (QED) is 0.749. The van der Waals surface area contributed by atoms with Gasteiger partial charge in [0.15, 0.2) is 0 Å². The third kappa shape index (κ3) is 3.22. The molecular formula is C19H21N3O3S. The molecule has 6 nitrogen and oxygen atoms in total. The van der Waals surface area contributed by atoms with E-state index in [9.17, 15) is 14.4 Å². The summed E-state index contributed by atoms with van der Waals surface area (Å²) in [5.41, 5.74) is 1.51. The van der Waals surface area contributed by atoms with Gasteiger partial charge in [-0.05, 0) is 35.9 Å². The van der Waals surface area contributed by atoms with E-state index in [-0.39, 0.29) is 30.5 Å². The Bertz CT molecular complexity index is 1080. The molecule has 0 atom stereocenters. The number of carbonyl (C=O) groups is 1. The van der Waals surface area contributed by atoms with Crippen molar-refractivity contribution in [3.8, 4) is 0 Å². The topological polar surface area (TPSA) is 73.1 Å². The standard InChI is InChI=1S/C19H21N3O3S/c1-4-21-18(24)17-15(9-10-26-17)22(19(21)25)11-16(23)20-14-8-6-5-7-13(14)12(2)3/h5-10,12H,4,11H2,1-3H3,(H,20,23). The van der Waals surface area contributed by atoms with E-state index in [1.165, 1.54) is 15.9 Å². The van der Waals surface area contributed by atoms with Crippen LogP contribution in [0.2, 0.25) is 0 Å². The number of rotatable bonds is 5. The van der Waals surface area contributed by atoms with Crippen LogP contribution in [0.1, 0.15) is 32.3 Å². The van der Waals surface area contributed by atoms with Gasteiger partial charge in [0.05, 0.1) is 5.52 Å². The SMILES string of the molecule is CCn1c(=O)c2sccc2n(CC(=O)Nc2ccccc2C(C)C)c1=O. The van der Waals surface area contributed by atoms with Crippen molar-refractivity contribution in [2.75, 3.05) is 5.32 Å². The molecule has 26 heavy (non-hydrogen) atoms. The third-order valence-electron chi connectivity index (χ3n) is 4.31. The van der Waals surface area contributed by atoms with E-state index in [4.69, 9.17) is 0 Å². The highest BCUT2D eigenvalue weighted by Crippen LogP contribution is 2.23. The maximum atomic E-state index is 12.6. The summed E-state index contributed by atoms with van der Waals surface area (Å²) < 4.78 is 3.01. The van der Waals surface area contributed by atoms with E-state index < -0.39 is 5.69 Å². The minimum atomic E-state index is -0.462. The molecule has 0 saturated carbocycles. The summed E-state index contributed by atoms with van der Waals surface area (Å²) in [5.74, 6) is -0.0335. The Kier molecular flexibility index (Phi) is 5.08. The summed E-state index contributed by atoms with van der Waals surface area (Å²) in [6.07, 6.45) is 0. The molecule has 7 heteroatoms. The molecule has 0 radical (unpaired) electrons. The van der Waals surface area contributed by atoms with Gasteiger partial charge in [-0.3, -0.25) is 18.7 Å². The van der Waals surface area contributed by atoms with Gasteiger partial charge in [0.25, 0.3) is 5.56 Å². The largest absolute Gasteiger partial charge is 0.331 e. The number of thiophene rings is 1. The number of benzene rings is 1. The predicted octanol–water partition coefficient (Wildman–Crippen LogP) is 3.01. The number of hydrogen-bond acceptors (Lipinski definition) is 4. The van der Waals surface area contributed by atoms with Crippen molar-refractivity contribution < 1.29 is 4.79 Å². The van der Waals surface area contributed by atoms with Crippen LogP contribution < -0.4 is 16.6 Å². The normalized spacial score (nSPS) is 11.2. The number of hydrogen-bond donors (Lipinski definition) is 1. The molecule has 2 heterocycles. The van der Waals surface area contributed by atoms with Crippen LogP contribution in [0.15, 0.2) is 45.3 Å². The number of carbonyl (C=O) groups excluding carboxylic acids is 1. The maximum Gasteiger partial charge on any atom is 0.331 e. The van der Waals surface area contributed by atoms with E-state index in [0.29, 0.717) is 10.2 Å². The fourth-order valence-corrected chi connectivity index (χ4v) is 3.86. The van der Waals surface area contributed by atoms with Crippen molar-refractivity contribution in [2.45, 2.75) is 39.8 Å². The second-order valence-corrected chi connectivity index (χ2v) is 7.26. The fraction of sp³-hybridized carbons (Fsp3) is 0.316. The van der Waals surface area contributed by atoms with Crippen LogP contribution in [0.3, 0.4) is 0 Å². The van der Waals surface area contributed by atoms with Gasteiger partial charge < -0.3 is 5.32 Å². The molecule has 0 aliphatic heterocycles. The summed E-state index contributed by atoms with van der Waals surface area (Å²) in [4.78, 5) is 37.6. The Labute approximate surface area is 154 Å². The van der Waals surface area contributed by atoms with Gasteiger partial charge in [0.1, 0.15) is 11.2 Å². The third-order valence-corrected chi connectivity index (χ3v) is 5.20. The van der Waals surface area contributed by atoms with E-state index in [1.54, 1.807) is 18.4 Å². The van der Waals surface area contributed by atoms with Crippen molar-refractivity contribution in [3.63, 3.8) is 0 Å². The number of para-hydroxylation sites is 1. The highest BCUT2D eigenvalue weighted by Gasteiger charge is 2.16. The second-order valence-electron chi connectivity index (χ2n) is 6.34. The minimum absolute atomic E-state index is 0.140. The van der Waals surface area contributed by atoms with Crippen LogP contribution in [0.5, 0.6) is 0 Å². The van der Waals surface area contributed by atoms with E-state index in [0.717, 1.165) is 15.8 Å². The van der Waals surface area contributed by atoms with Gasteiger partial charge in [0, 0.05) is 12.2 Å². The molecular weight excluding hydrogens is 350 g/mol. The number of fused-ring (bicyclic) bond motifs is 1. The van der Waals surface area contributed by atoms with Gasteiger partial charge in [-0.1, -0.05) is 32.0 Å². The molecule has 3 aromatic rings. The van der Waals surface area contributed by atoms with E-state index >= 15 is 0 Å². The van der Waals surface area contributed by atoms with Crippen LogP contribution in [0.25, 0.3) is 10.2 Å². The molecule has 0 bridgehead atoms. The average molecular weight is 371 g/mol. The van der Waals surface area contributed by atoms with E-state index in [2.05, 4.69) is 19.2 Å². The Morgan fingerprint density at radius 1 is 1.15 bits per heavy atom. The molecule has 2 aromatic heterocycles. The van der Waals surface area contributed by atoms with Crippen molar-refractivity contribution in [1.29, 1.82) is 0 Å². The Morgan fingerprint density at radius 2 is 1.88 bits per heavy atom. The lowest BCUT2D eigenvalue weighted by Crippen LogP contribution is -2.41. The van der Waals surface area contributed by atoms with Crippen LogP contribution in [-0.2, 0) is 17.9 Å². The Hall–Kier alpha value is -2.67. The molecule has 3 rings (SSSR count). The zero-order chi connectivity index (χ0) is 18.8. The van der Waals surface area contributed by atoms with Crippen LogP contribution in [0, 0.1) is 0 Å². The Morgan fingerprint density at radius 3 is 2.58 bits per heavy atom. The monoisotopic (exact) mass is 371 g/mol. The molecule has 0 spiro atoms. The van der Waals surface area contributed by atoms with Crippen LogP contribution in [0.4, 0.5) is 5.69 Å². The molecule has 1 aromatic carbocycles. The zero-order valence-electron chi connectivity index (χ0n) is 15.0. The van der Waals surface area contributed by atoms with Gasteiger partial charge in [0.2, 0.25) is 5.91 Å². The summed E-state index contributed by atoms with van der Waals surface area (Å²) >= 11 is 1.28. The molecule has 0 aliphatic carbocycles. The van der Waals surface area contributed by atoms with Crippen LogP contribution >= 0.6 is 11.3 Å². The first-order chi connectivity index (χ1) is 12.4. The first-order valence-electron chi connectivity index (χ1n) is 8.53. The fourth-order valence-electron chi connectivity index (χ4n) is 3.01. The number of nitrogens with zero attached hydrogens (tertiary/aromatic N) is 2. The Balaban J connectivity index is 1.97. The predicted molar refractivity (Wildman–Crippen MR) is 105 cm³/mol. The lowest BCUT2D eigenvalue weighted by Gasteiger charge is -2.15. The summed E-state index contributed by atoms with van der Waals surface area (Å²) in [6.45, 7) is 5.98. The van der Waals surface area contributed by atoms with Gasteiger partial charge >= 0.3 is 5.69 Å². The molecule has 136 valence electrons. The number of amides is 1. The minimum Gasteiger partial charge on any atom is -0.324 e. The average Bonchev–Trinajstić information content (AvgIpc) is 3.09. The molecule has 0 unspecified atom stereocenters. The molecule has 0 saturated heterocycles. The number of anilines is 1. The van der Waals surface area contributed by atoms with Crippen molar-refractivity contribution in [1.82, 2.24) is 9.13 Å². The number of aromatic nitrogens is 2. The lowest BCUT2D eigenvalue weighted by molar-refractivity contribution is -0.116. The van der Waals surface area contributed by atoms with Crippen LogP contribution in [-0.4, -0.2) is 15.0 Å². The zero-order valence-corrected chi connectivity index (χ0v) is 15.8. The molecule has 1 amide bonds. The molecule has 0 aliphatic rings. The first-order valence-corrected chi connectivity index (χ1v) is 9.41. The second kappa shape index (κ2) is 7.29. The smallest absolute Gasteiger partial charge is 0.324 e. The van der Waals surface area contributed by atoms with Gasteiger partial charge in [-0.15, -0.1) is 11.3 Å². The number of nitrogens with one attached hydrogen (secondary N) is 1. The summed E-state index contributed by atoms with van der Waals surface area (Å²) in [6, 6.07) is 9.33. The highest BCUT2D eigenvalue weighted by molar-refractivity contribution is 7.17. The molecule has 0 fully saturated rings. The van der Waals surface area contributed by atoms with Crippen molar-refractivity contribution in [2.24, 2.45) is 0 Å². The summed E-state index contributed by atoms with van der Waals surface area (Å²) in [7, 11) is 0. The van der Waals surface area contributed by atoms with Gasteiger partial charge in [-0.2, -0.15) is 0 Å². The van der Waals surface area contributed by atoms with Crippen molar-refractivity contribution in [3.05, 3.63) is 62.1 Å². The maximum absolute atomic E-state index is 12.6. The van der Waals surface area contributed by atoms with Gasteiger partial charge in [-0.25, -0.2) is 4.79 Å². The van der Waals surface area contributed by atoms with E-state index in [1.807, 2.05) is 24.3 Å². The summed E-state index contributed by atoms with van der Waals surface area (Å²) in [5, 5.41) is 4.65.